The normalized spacial score (nSPS) is 11.2. The molecule has 0 saturated heterocycles. The first-order valence-electron chi connectivity index (χ1n) is 9.83. The fraction of sp³-hybridized carbons (Fsp3) is 0.154. The topological polar surface area (TPSA) is 37.4 Å². The summed E-state index contributed by atoms with van der Waals surface area (Å²) in [6.07, 6.45) is 0. The summed E-state index contributed by atoms with van der Waals surface area (Å²) in [7, 11) is 0. The number of hydrogen-bond donors (Lipinski definition) is 0. The first kappa shape index (κ1) is 18.9. The van der Waals surface area contributed by atoms with Gasteiger partial charge in [0, 0.05) is 17.2 Å². The number of aryl methyl sites for hydroxylation is 1. The van der Waals surface area contributed by atoms with E-state index in [0.717, 1.165) is 27.1 Å². The van der Waals surface area contributed by atoms with Crippen LogP contribution in [0, 0.1) is 6.92 Å². The number of imide groups is 1. The number of carbonyl (C=O) groups is 2. The Kier molecular flexibility index (Phi) is 4.89. The Labute approximate surface area is 170 Å². The van der Waals surface area contributed by atoms with Gasteiger partial charge >= 0.3 is 0 Å². The van der Waals surface area contributed by atoms with Crippen molar-refractivity contribution in [3.8, 4) is 0 Å². The quantitative estimate of drug-likeness (QED) is 0.409. The van der Waals surface area contributed by atoms with E-state index in [2.05, 4.69) is 0 Å². The summed E-state index contributed by atoms with van der Waals surface area (Å²) in [5.41, 5.74) is 2.20. The van der Waals surface area contributed by atoms with Crippen molar-refractivity contribution < 1.29 is 9.59 Å². The van der Waals surface area contributed by atoms with E-state index < -0.39 is 0 Å². The molecule has 2 amide bonds. The molecule has 144 valence electrons. The van der Waals surface area contributed by atoms with Crippen LogP contribution in [0.3, 0.4) is 0 Å². The third kappa shape index (κ3) is 3.29. The van der Waals surface area contributed by atoms with E-state index in [1.807, 2.05) is 93.6 Å². The lowest BCUT2D eigenvalue weighted by Gasteiger charge is -2.26. The zero-order valence-corrected chi connectivity index (χ0v) is 16.8. The fourth-order valence-electron chi connectivity index (χ4n) is 3.87. The molecule has 4 rings (SSSR count). The molecule has 0 aliphatic carbocycles. The summed E-state index contributed by atoms with van der Waals surface area (Å²) in [5.74, 6) is -0.541. The maximum atomic E-state index is 13.6. The molecule has 0 spiro atoms. The molecule has 0 aliphatic heterocycles. The van der Waals surface area contributed by atoms with Gasteiger partial charge in [-0.05, 0) is 60.0 Å². The van der Waals surface area contributed by atoms with Crippen LogP contribution in [-0.2, 0) is 0 Å². The maximum Gasteiger partial charge on any atom is 0.261 e. The van der Waals surface area contributed by atoms with Crippen molar-refractivity contribution in [1.82, 2.24) is 4.90 Å². The van der Waals surface area contributed by atoms with Crippen LogP contribution in [0.2, 0.25) is 0 Å². The molecule has 0 saturated carbocycles. The molecule has 0 radical (unpaired) electrons. The van der Waals surface area contributed by atoms with Crippen LogP contribution in [0.15, 0.2) is 78.9 Å². The van der Waals surface area contributed by atoms with Gasteiger partial charge in [-0.3, -0.25) is 14.5 Å². The number of nitrogens with zero attached hydrogens (tertiary/aromatic N) is 1. The van der Waals surface area contributed by atoms with Gasteiger partial charge in [0.05, 0.1) is 0 Å². The summed E-state index contributed by atoms with van der Waals surface area (Å²) in [6.45, 7) is 5.77. The lowest BCUT2D eigenvalue weighted by Crippen LogP contribution is -2.42. The molecule has 0 fully saturated rings. The van der Waals surface area contributed by atoms with Gasteiger partial charge in [0.2, 0.25) is 0 Å². The number of amides is 2. The molecule has 3 nitrogen and oxygen atoms in total. The Morgan fingerprint density at radius 3 is 1.90 bits per heavy atom. The van der Waals surface area contributed by atoms with E-state index in [1.54, 1.807) is 6.07 Å². The van der Waals surface area contributed by atoms with Crippen molar-refractivity contribution in [2.24, 2.45) is 0 Å². The van der Waals surface area contributed by atoms with E-state index in [-0.39, 0.29) is 17.9 Å². The highest BCUT2D eigenvalue weighted by Crippen LogP contribution is 2.26. The van der Waals surface area contributed by atoms with E-state index in [9.17, 15) is 9.59 Å². The summed E-state index contributed by atoms with van der Waals surface area (Å²) in [4.78, 5) is 28.5. The van der Waals surface area contributed by atoms with Gasteiger partial charge in [-0.25, -0.2) is 0 Å². The molecule has 0 aromatic heterocycles. The SMILES string of the molecule is Cc1ccc(C(=O)N(C(=O)c2cccc3ccccc23)C(C)C)c2ccccc12. The molecule has 0 atom stereocenters. The van der Waals surface area contributed by atoms with Crippen LogP contribution in [0.4, 0.5) is 0 Å². The van der Waals surface area contributed by atoms with Crippen molar-refractivity contribution in [2.45, 2.75) is 26.8 Å². The predicted molar refractivity (Wildman–Crippen MR) is 118 cm³/mol. The van der Waals surface area contributed by atoms with Gasteiger partial charge in [-0.1, -0.05) is 66.7 Å². The summed E-state index contributed by atoms with van der Waals surface area (Å²) < 4.78 is 0. The smallest absolute Gasteiger partial charge is 0.261 e. The highest BCUT2D eigenvalue weighted by Gasteiger charge is 2.28. The van der Waals surface area contributed by atoms with Crippen molar-refractivity contribution in [1.29, 1.82) is 0 Å². The first-order chi connectivity index (χ1) is 14.0. The maximum absolute atomic E-state index is 13.6. The first-order valence-corrected chi connectivity index (χ1v) is 9.83. The minimum absolute atomic E-state index is 0.269. The van der Waals surface area contributed by atoms with Crippen molar-refractivity contribution in [2.75, 3.05) is 0 Å². The Morgan fingerprint density at radius 1 is 0.655 bits per heavy atom. The van der Waals surface area contributed by atoms with Crippen molar-refractivity contribution in [3.05, 3.63) is 95.6 Å². The van der Waals surface area contributed by atoms with Crippen LogP contribution in [0.1, 0.15) is 40.1 Å². The zero-order valence-electron chi connectivity index (χ0n) is 16.8. The third-order valence-electron chi connectivity index (χ3n) is 5.35. The summed E-state index contributed by atoms with van der Waals surface area (Å²) in [5, 5.41) is 3.73. The summed E-state index contributed by atoms with van der Waals surface area (Å²) >= 11 is 0. The average molecular weight is 381 g/mol. The van der Waals surface area contributed by atoms with E-state index >= 15 is 0 Å². The zero-order chi connectivity index (χ0) is 20.5. The molecule has 0 aliphatic rings. The van der Waals surface area contributed by atoms with Gasteiger partial charge in [-0.2, -0.15) is 0 Å². The van der Waals surface area contributed by atoms with Gasteiger partial charge in [0.15, 0.2) is 0 Å². The Balaban J connectivity index is 1.84. The predicted octanol–water partition coefficient (Wildman–Crippen LogP) is 5.99. The van der Waals surface area contributed by atoms with Crippen LogP contribution in [0.25, 0.3) is 21.5 Å². The minimum atomic E-state index is -0.272. The van der Waals surface area contributed by atoms with Gasteiger partial charge < -0.3 is 0 Å². The fourth-order valence-corrected chi connectivity index (χ4v) is 3.87. The molecular weight excluding hydrogens is 358 g/mol. The van der Waals surface area contributed by atoms with Crippen LogP contribution in [0.5, 0.6) is 0 Å². The molecule has 0 unspecified atom stereocenters. The molecule has 0 N–H and O–H groups in total. The monoisotopic (exact) mass is 381 g/mol. The second-order valence-electron chi connectivity index (χ2n) is 7.58. The number of fused-ring (bicyclic) bond motifs is 2. The largest absolute Gasteiger partial charge is 0.272 e. The second kappa shape index (κ2) is 7.51. The number of rotatable bonds is 3. The van der Waals surface area contributed by atoms with E-state index in [0.29, 0.717) is 11.1 Å². The van der Waals surface area contributed by atoms with Crippen LogP contribution < -0.4 is 0 Å². The molecule has 29 heavy (non-hydrogen) atoms. The second-order valence-corrected chi connectivity index (χ2v) is 7.58. The Bertz CT molecular complexity index is 1230. The molecular formula is C26H23NO2. The van der Waals surface area contributed by atoms with Gasteiger partial charge in [0.1, 0.15) is 0 Å². The summed E-state index contributed by atoms with van der Waals surface area (Å²) in [6, 6.07) is 24.7. The molecule has 4 aromatic carbocycles. The van der Waals surface area contributed by atoms with Crippen LogP contribution in [-0.4, -0.2) is 22.8 Å². The van der Waals surface area contributed by atoms with Crippen molar-refractivity contribution >= 4 is 33.4 Å². The minimum Gasteiger partial charge on any atom is -0.272 e. The third-order valence-corrected chi connectivity index (χ3v) is 5.35. The standard InChI is InChI=1S/C26H23NO2/c1-17(2)27(25(28)23-14-8-10-19-9-4-5-12-21(19)23)26(29)24-16-15-18(3)20-11-6-7-13-22(20)24/h4-17H,1-3H3. The average Bonchev–Trinajstić information content (AvgIpc) is 2.73. The van der Waals surface area contributed by atoms with E-state index in [1.165, 1.54) is 4.90 Å². The van der Waals surface area contributed by atoms with E-state index in [4.69, 9.17) is 0 Å². The van der Waals surface area contributed by atoms with Gasteiger partial charge in [0.25, 0.3) is 11.8 Å². The molecule has 0 bridgehead atoms. The number of benzene rings is 4. The van der Waals surface area contributed by atoms with Crippen molar-refractivity contribution in [3.63, 3.8) is 0 Å². The Hall–Kier alpha value is -3.46. The molecule has 3 heteroatoms. The lowest BCUT2D eigenvalue weighted by molar-refractivity contribution is 0.0572. The highest BCUT2D eigenvalue weighted by molar-refractivity contribution is 6.18. The Morgan fingerprint density at radius 2 is 1.21 bits per heavy atom. The van der Waals surface area contributed by atoms with Crippen LogP contribution >= 0.6 is 0 Å². The molecule has 0 heterocycles. The number of hydrogen-bond acceptors (Lipinski definition) is 2. The molecule has 4 aromatic rings. The highest BCUT2D eigenvalue weighted by atomic mass is 16.2. The number of carbonyl (C=O) groups excluding carboxylic acids is 2. The lowest BCUT2D eigenvalue weighted by atomic mass is 9.98. The van der Waals surface area contributed by atoms with Gasteiger partial charge in [-0.15, -0.1) is 0 Å².